The van der Waals surface area contributed by atoms with Crippen LogP contribution in [0, 0.1) is 10.1 Å². The molecule has 3 heterocycles. The predicted molar refractivity (Wildman–Crippen MR) is 86.6 cm³/mol. The van der Waals surface area contributed by atoms with Crippen molar-refractivity contribution in [3.8, 4) is 0 Å². The van der Waals surface area contributed by atoms with Crippen LogP contribution in [-0.4, -0.2) is 26.8 Å². The van der Waals surface area contributed by atoms with Crippen molar-refractivity contribution >= 4 is 22.4 Å². The molecule has 1 unspecified atom stereocenters. The zero-order valence-electron chi connectivity index (χ0n) is 12.8. The van der Waals surface area contributed by atoms with Crippen LogP contribution in [0.4, 0.5) is 11.4 Å². The Labute approximate surface area is 137 Å². The molecule has 4 rings (SSSR count). The number of hydrogen-bond donors (Lipinski definition) is 0. The van der Waals surface area contributed by atoms with Gasteiger partial charge >= 0.3 is 5.69 Å². The summed E-state index contributed by atoms with van der Waals surface area (Å²) in [5.41, 5.74) is 2.46. The Morgan fingerprint density at radius 2 is 2.08 bits per heavy atom. The summed E-state index contributed by atoms with van der Waals surface area (Å²) < 4.78 is 4.78. The van der Waals surface area contributed by atoms with E-state index in [-0.39, 0.29) is 17.2 Å². The fourth-order valence-corrected chi connectivity index (χ4v) is 3.36. The zero-order valence-corrected chi connectivity index (χ0v) is 12.8. The van der Waals surface area contributed by atoms with Crippen LogP contribution in [0.5, 0.6) is 0 Å². The largest absolute Gasteiger partial charge is 0.363 e. The maximum atomic E-state index is 11.2. The van der Waals surface area contributed by atoms with Gasteiger partial charge in [-0.05, 0) is 47.3 Å². The average Bonchev–Trinajstić information content (AvgIpc) is 3.11. The highest BCUT2D eigenvalue weighted by Gasteiger charge is 2.29. The minimum absolute atomic E-state index is 0.0927. The van der Waals surface area contributed by atoms with Crippen molar-refractivity contribution in [2.24, 2.45) is 0 Å². The van der Waals surface area contributed by atoms with E-state index < -0.39 is 4.92 Å². The number of rotatable bonds is 3. The van der Waals surface area contributed by atoms with E-state index in [9.17, 15) is 10.1 Å². The fourth-order valence-electron chi connectivity index (χ4n) is 3.36. The number of hydrogen-bond acceptors (Lipinski definition) is 7. The molecule has 24 heavy (non-hydrogen) atoms. The summed E-state index contributed by atoms with van der Waals surface area (Å²) in [5.74, 6) is 0. The minimum Gasteiger partial charge on any atom is -0.363 e. The molecule has 8 nitrogen and oxygen atoms in total. The van der Waals surface area contributed by atoms with Crippen molar-refractivity contribution in [2.45, 2.75) is 25.3 Å². The van der Waals surface area contributed by atoms with Gasteiger partial charge in [-0.25, -0.2) is 4.63 Å². The molecule has 1 aromatic carbocycles. The molecule has 0 amide bonds. The first-order valence-corrected chi connectivity index (χ1v) is 7.82. The molecule has 0 radical (unpaired) electrons. The molecular formula is C16H15N5O3. The second kappa shape index (κ2) is 5.88. The van der Waals surface area contributed by atoms with Crippen molar-refractivity contribution in [1.82, 2.24) is 15.3 Å². The van der Waals surface area contributed by atoms with E-state index in [1.54, 1.807) is 12.3 Å². The molecule has 0 bridgehead atoms. The second-order valence-corrected chi connectivity index (χ2v) is 5.81. The van der Waals surface area contributed by atoms with Crippen LogP contribution in [0.15, 0.2) is 41.3 Å². The third-order valence-corrected chi connectivity index (χ3v) is 4.45. The van der Waals surface area contributed by atoms with Gasteiger partial charge in [-0.3, -0.25) is 15.1 Å². The van der Waals surface area contributed by atoms with E-state index in [1.165, 1.54) is 6.07 Å². The molecule has 1 aliphatic rings. The lowest BCUT2D eigenvalue weighted by Gasteiger charge is -2.37. The third-order valence-electron chi connectivity index (χ3n) is 4.45. The standard InChI is InChI=1S/C16H15N5O3/c22-21(23)14-7-6-13(15-16(14)19-24-18-15)20-9-2-1-5-12(20)11-4-3-8-17-10-11/h3-4,6-8,10,12H,1-2,5,9H2. The van der Waals surface area contributed by atoms with Crippen LogP contribution < -0.4 is 4.90 Å². The summed E-state index contributed by atoms with van der Waals surface area (Å²) in [6, 6.07) is 7.34. The number of non-ortho nitro benzene ring substituents is 1. The smallest absolute Gasteiger partial charge is 0.300 e. The highest BCUT2D eigenvalue weighted by atomic mass is 16.6. The molecule has 0 aliphatic carbocycles. The summed E-state index contributed by atoms with van der Waals surface area (Å²) in [6.07, 6.45) is 6.80. The highest BCUT2D eigenvalue weighted by molar-refractivity contribution is 5.94. The summed E-state index contributed by atoms with van der Waals surface area (Å²) in [5, 5.41) is 18.8. The van der Waals surface area contributed by atoms with E-state index in [4.69, 9.17) is 4.63 Å². The monoisotopic (exact) mass is 325 g/mol. The van der Waals surface area contributed by atoms with Crippen LogP contribution in [0.3, 0.4) is 0 Å². The van der Waals surface area contributed by atoms with Gasteiger partial charge in [0.25, 0.3) is 0 Å². The molecule has 1 saturated heterocycles. The highest BCUT2D eigenvalue weighted by Crippen LogP contribution is 2.39. The molecule has 0 N–H and O–H groups in total. The number of benzene rings is 1. The van der Waals surface area contributed by atoms with Gasteiger partial charge in [-0.1, -0.05) is 6.07 Å². The summed E-state index contributed by atoms with van der Waals surface area (Å²) in [4.78, 5) is 17.1. The molecule has 122 valence electrons. The fraction of sp³-hybridized carbons (Fsp3) is 0.312. The van der Waals surface area contributed by atoms with E-state index in [2.05, 4.69) is 26.3 Å². The summed E-state index contributed by atoms with van der Waals surface area (Å²) >= 11 is 0. The van der Waals surface area contributed by atoms with E-state index >= 15 is 0 Å². The Bertz CT molecular complexity index is 880. The second-order valence-electron chi connectivity index (χ2n) is 5.81. The van der Waals surface area contributed by atoms with Gasteiger partial charge in [-0.15, -0.1) is 0 Å². The molecule has 1 atom stereocenters. The Morgan fingerprint density at radius 1 is 1.21 bits per heavy atom. The molecule has 1 fully saturated rings. The van der Waals surface area contributed by atoms with E-state index in [0.717, 1.165) is 37.1 Å². The van der Waals surface area contributed by atoms with E-state index in [1.807, 2.05) is 12.3 Å². The SMILES string of the molecule is O=[N+]([O-])c1ccc(N2CCCCC2c2cccnc2)c2nonc12. The van der Waals surface area contributed by atoms with Gasteiger partial charge in [-0.2, -0.15) is 0 Å². The predicted octanol–water partition coefficient (Wildman–Crippen LogP) is 3.26. The van der Waals surface area contributed by atoms with Crippen LogP contribution in [0.25, 0.3) is 11.0 Å². The Hall–Kier alpha value is -3.03. The van der Waals surface area contributed by atoms with Crippen molar-refractivity contribution in [2.75, 3.05) is 11.4 Å². The van der Waals surface area contributed by atoms with Crippen LogP contribution in [0.2, 0.25) is 0 Å². The third kappa shape index (κ3) is 2.36. The number of fused-ring (bicyclic) bond motifs is 1. The topological polar surface area (TPSA) is 98.2 Å². The maximum absolute atomic E-state index is 11.2. The molecule has 0 spiro atoms. The number of piperidine rings is 1. The number of pyridine rings is 1. The summed E-state index contributed by atoms with van der Waals surface area (Å²) in [7, 11) is 0. The number of anilines is 1. The Kier molecular flexibility index (Phi) is 3.56. The average molecular weight is 325 g/mol. The first kappa shape index (κ1) is 14.6. The van der Waals surface area contributed by atoms with Gasteiger partial charge in [0.1, 0.15) is 0 Å². The zero-order chi connectivity index (χ0) is 16.5. The lowest BCUT2D eigenvalue weighted by Crippen LogP contribution is -2.33. The molecule has 0 saturated carbocycles. The molecule has 1 aliphatic heterocycles. The van der Waals surface area contributed by atoms with Gasteiger partial charge in [0.05, 0.1) is 16.7 Å². The number of aromatic nitrogens is 3. The van der Waals surface area contributed by atoms with Crippen molar-refractivity contribution in [3.63, 3.8) is 0 Å². The number of nitrogens with zero attached hydrogens (tertiary/aromatic N) is 5. The number of nitro groups is 1. The Morgan fingerprint density at radius 3 is 2.88 bits per heavy atom. The van der Waals surface area contributed by atoms with Crippen molar-refractivity contribution in [3.05, 3.63) is 52.3 Å². The Balaban J connectivity index is 1.82. The number of nitro benzene ring substituents is 1. The lowest BCUT2D eigenvalue weighted by atomic mass is 9.95. The normalized spacial score (nSPS) is 18.0. The van der Waals surface area contributed by atoms with Gasteiger partial charge < -0.3 is 4.90 Å². The molecular weight excluding hydrogens is 310 g/mol. The first-order valence-electron chi connectivity index (χ1n) is 7.82. The van der Waals surface area contributed by atoms with Crippen molar-refractivity contribution in [1.29, 1.82) is 0 Å². The quantitative estimate of drug-likeness (QED) is 0.538. The molecule has 3 aromatic rings. The van der Waals surface area contributed by atoms with Gasteiger partial charge in [0, 0.05) is 25.0 Å². The van der Waals surface area contributed by atoms with Gasteiger partial charge in [0.15, 0.2) is 5.52 Å². The lowest BCUT2D eigenvalue weighted by molar-refractivity contribution is -0.383. The van der Waals surface area contributed by atoms with Crippen molar-refractivity contribution < 1.29 is 9.55 Å². The van der Waals surface area contributed by atoms with Crippen LogP contribution in [-0.2, 0) is 0 Å². The maximum Gasteiger partial charge on any atom is 0.300 e. The first-order chi connectivity index (χ1) is 11.8. The van der Waals surface area contributed by atoms with Crippen LogP contribution in [0.1, 0.15) is 30.9 Å². The van der Waals surface area contributed by atoms with Crippen LogP contribution >= 0.6 is 0 Å². The summed E-state index contributed by atoms with van der Waals surface area (Å²) in [6.45, 7) is 0.847. The molecule has 8 heteroatoms. The van der Waals surface area contributed by atoms with Gasteiger partial charge in [0.2, 0.25) is 5.52 Å². The minimum atomic E-state index is -0.467. The van der Waals surface area contributed by atoms with E-state index in [0.29, 0.717) is 5.52 Å². The molecule has 2 aromatic heterocycles.